The molecule has 0 aromatic heterocycles. The molecule has 0 spiro atoms. The van der Waals surface area contributed by atoms with E-state index in [0.29, 0.717) is 0 Å². The zero-order valence-corrected chi connectivity index (χ0v) is 12.4. The molecule has 0 aliphatic heterocycles. The Balaban J connectivity index is 1.67. The molecule has 2 unspecified atom stereocenters. The van der Waals surface area contributed by atoms with Gasteiger partial charge >= 0.3 is 0 Å². The van der Waals surface area contributed by atoms with Crippen molar-refractivity contribution < 1.29 is 0 Å². The highest BCUT2D eigenvalue weighted by Crippen LogP contribution is 2.37. The topological polar surface area (TPSA) is 12.0 Å². The van der Waals surface area contributed by atoms with E-state index in [-0.39, 0.29) is 0 Å². The van der Waals surface area contributed by atoms with Gasteiger partial charge in [0.25, 0.3) is 0 Å². The summed E-state index contributed by atoms with van der Waals surface area (Å²) in [5.41, 5.74) is 1.54. The van der Waals surface area contributed by atoms with Crippen molar-refractivity contribution in [1.29, 1.82) is 0 Å². The first-order valence-electron chi connectivity index (χ1n) is 8.06. The molecule has 1 saturated carbocycles. The van der Waals surface area contributed by atoms with Gasteiger partial charge in [-0.25, -0.2) is 0 Å². The number of rotatable bonds is 6. The van der Waals surface area contributed by atoms with Crippen LogP contribution in [0.25, 0.3) is 10.8 Å². The Morgan fingerprint density at radius 2 is 1.80 bits per heavy atom. The second-order valence-corrected chi connectivity index (χ2v) is 6.14. The summed E-state index contributed by atoms with van der Waals surface area (Å²) in [7, 11) is 0. The Labute approximate surface area is 122 Å². The van der Waals surface area contributed by atoms with E-state index >= 15 is 0 Å². The second kappa shape index (κ2) is 6.41. The van der Waals surface area contributed by atoms with Crippen molar-refractivity contribution in [3.63, 3.8) is 0 Å². The number of nitrogens with one attached hydrogen (secondary N) is 1. The van der Waals surface area contributed by atoms with E-state index in [0.717, 1.165) is 18.4 Å². The van der Waals surface area contributed by atoms with E-state index in [1.807, 2.05) is 0 Å². The molecule has 0 amide bonds. The normalized spacial score (nSPS) is 21.9. The molecule has 2 atom stereocenters. The van der Waals surface area contributed by atoms with Crippen LogP contribution in [-0.2, 0) is 6.42 Å². The van der Waals surface area contributed by atoms with Crippen LogP contribution in [0.2, 0.25) is 0 Å². The number of benzene rings is 2. The molecule has 3 rings (SSSR count). The molecule has 0 heterocycles. The van der Waals surface area contributed by atoms with Crippen molar-refractivity contribution in [2.75, 3.05) is 13.1 Å². The Bertz CT molecular complexity index is 555. The first-order valence-corrected chi connectivity index (χ1v) is 8.06. The minimum Gasteiger partial charge on any atom is -0.316 e. The van der Waals surface area contributed by atoms with Crippen LogP contribution in [0.5, 0.6) is 0 Å². The predicted octanol–water partition coefficient (Wildman–Crippen LogP) is 4.41. The molecule has 1 nitrogen and oxygen atoms in total. The molecule has 2 aromatic carbocycles. The van der Waals surface area contributed by atoms with Crippen LogP contribution in [0.1, 0.15) is 31.7 Å². The van der Waals surface area contributed by atoms with Crippen LogP contribution in [-0.4, -0.2) is 13.1 Å². The third kappa shape index (κ3) is 2.88. The van der Waals surface area contributed by atoms with Gasteiger partial charge in [-0.15, -0.1) is 0 Å². The third-order valence-electron chi connectivity index (χ3n) is 4.77. The van der Waals surface area contributed by atoms with Crippen LogP contribution in [0.15, 0.2) is 42.5 Å². The van der Waals surface area contributed by atoms with Gasteiger partial charge in [-0.05, 0) is 66.9 Å². The zero-order chi connectivity index (χ0) is 13.8. The van der Waals surface area contributed by atoms with Crippen molar-refractivity contribution in [2.24, 2.45) is 11.8 Å². The lowest BCUT2D eigenvalue weighted by atomic mass is 9.70. The van der Waals surface area contributed by atoms with Crippen LogP contribution in [0.4, 0.5) is 0 Å². The average molecular weight is 267 g/mol. The summed E-state index contributed by atoms with van der Waals surface area (Å²) in [5, 5.41) is 6.42. The first kappa shape index (κ1) is 13.6. The predicted molar refractivity (Wildman–Crippen MR) is 87.0 cm³/mol. The lowest BCUT2D eigenvalue weighted by Gasteiger charge is -2.37. The van der Waals surface area contributed by atoms with Gasteiger partial charge < -0.3 is 5.32 Å². The second-order valence-electron chi connectivity index (χ2n) is 6.14. The molecule has 1 aliphatic carbocycles. The van der Waals surface area contributed by atoms with E-state index in [1.54, 1.807) is 0 Å². The standard InChI is InChI=1S/C19H25N/c1-2-12-20-14-18-11-10-16(18)13-17-8-5-7-15-6-3-4-9-19(15)17/h3-9,16,18,20H,2,10-14H2,1H3. The highest BCUT2D eigenvalue weighted by molar-refractivity contribution is 5.85. The van der Waals surface area contributed by atoms with Gasteiger partial charge in [-0.3, -0.25) is 0 Å². The maximum absolute atomic E-state index is 3.59. The zero-order valence-electron chi connectivity index (χ0n) is 12.4. The fourth-order valence-corrected chi connectivity index (χ4v) is 3.39. The Hall–Kier alpha value is -1.34. The molecule has 0 saturated heterocycles. The van der Waals surface area contributed by atoms with Crippen molar-refractivity contribution >= 4 is 10.8 Å². The molecule has 1 heteroatoms. The smallest absolute Gasteiger partial charge is 0.00178 e. The molecule has 20 heavy (non-hydrogen) atoms. The third-order valence-corrected chi connectivity index (χ3v) is 4.77. The SMILES string of the molecule is CCCNCC1CCC1Cc1cccc2ccccc12. The maximum atomic E-state index is 3.59. The van der Waals surface area contributed by atoms with Gasteiger partial charge in [0.2, 0.25) is 0 Å². The van der Waals surface area contributed by atoms with E-state index < -0.39 is 0 Å². The van der Waals surface area contributed by atoms with Crippen LogP contribution < -0.4 is 5.32 Å². The summed E-state index contributed by atoms with van der Waals surface area (Å²) in [5.74, 6) is 1.77. The molecule has 0 bridgehead atoms. The molecule has 106 valence electrons. The highest BCUT2D eigenvalue weighted by atomic mass is 14.9. The van der Waals surface area contributed by atoms with Gasteiger partial charge in [0, 0.05) is 0 Å². The minimum absolute atomic E-state index is 0.880. The Morgan fingerprint density at radius 3 is 2.60 bits per heavy atom. The van der Waals surface area contributed by atoms with Gasteiger partial charge in [0.05, 0.1) is 0 Å². The molecule has 1 aliphatic rings. The van der Waals surface area contributed by atoms with E-state index in [9.17, 15) is 0 Å². The molecule has 1 fully saturated rings. The summed E-state index contributed by atoms with van der Waals surface area (Å²) in [4.78, 5) is 0. The molecule has 2 aromatic rings. The molecular weight excluding hydrogens is 242 g/mol. The van der Waals surface area contributed by atoms with Crippen molar-refractivity contribution in [1.82, 2.24) is 5.32 Å². The lowest BCUT2D eigenvalue weighted by molar-refractivity contribution is 0.171. The Morgan fingerprint density at radius 1 is 1.00 bits per heavy atom. The van der Waals surface area contributed by atoms with Gasteiger partial charge in [0.15, 0.2) is 0 Å². The summed E-state index contributed by atoms with van der Waals surface area (Å²) in [6.45, 7) is 4.61. The number of hydrogen-bond donors (Lipinski definition) is 1. The summed E-state index contributed by atoms with van der Waals surface area (Å²) in [6, 6.07) is 15.5. The summed E-state index contributed by atoms with van der Waals surface area (Å²) in [6.07, 6.45) is 5.30. The first-order chi connectivity index (χ1) is 9.88. The van der Waals surface area contributed by atoms with E-state index in [2.05, 4.69) is 54.7 Å². The quantitative estimate of drug-likeness (QED) is 0.765. The van der Waals surface area contributed by atoms with Gasteiger partial charge in [-0.2, -0.15) is 0 Å². The summed E-state index contributed by atoms with van der Waals surface area (Å²) < 4.78 is 0. The van der Waals surface area contributed by atoms with Gasteiger partial charge in [0.1, 0.15) is 0 Å². The number of fused-ring (bicyclic) bond motifs is 1. The van der Waals surface area contributed by atoms with Crippen molar-refractivity contribution in [2.45, 2.75) is 32.6 Å². The van der Waals surface area contributed by atoms with Crippen molar-refractivity contribution in [3.05, 3.63) is 48.0 Å². The number of hydrogen-bond acceptors (Lipinski definition) is 1. The lowest BCUT2D eigenvalue weighted by Crippen LogP contribution is -2.36. The average Bonchev–Trinajstić information content (AvgIpc) is 2.48. The Kier molecular flexibility index (Phi) is 4.37. The maximum Gasteiger partial charge on any atom is -0.00178 e. The van der Waals surface area contributed by atoms with Gasteiger partial charge in [-0.1, -0.05) is 49.4 Å². The molecule has 0 radical (unpaired) electrons. The largest absolute Gasteiger partial charge is 0.316 e. The van der Waals surface area contributed by atoms with E-state index in [4.69, 9.17) is 0 Å². The monoisotopic (exact) mass is 267 g/mol. The van der Waals surface area contributed by atoms with Crippen LogP contribution >= 0.6 is 0 Å². The summed E-state index contributed by atoms with van der Waals surface area (Å²) >= 11 is 0. The fraction of sp³-hybridized carbons (Fsp3) is 0.474. The molecular formula is C19H25N. The van der Waals surface area contributed by atoms with Crippen LogP contribution in [0, 0.1) is 11.8 Å². The van der Waals surface area contributed by atoms with Crippen LogP contribution in [0.3, 0.4) is 0 Å². The van der Waals surface area contributed by atoms with E-state index in [1.165, 1.54) is 48.6 Å². The van der Waals surface area contributed by atoms with Crippen molar-refractivity contribution in [3.8, 4) is 0 Å². The highest BCUT2D eigenvalue weighted by Gasteiger charge is 2.30. The fourth-order valence-electron chi connectivity index (χ4n) is 3.39. The minimum atomic E-state index is 0.880. The molecule has 1 N–H and O–H groups in total.